The Bertz CT molecular complexity index is 409. The minimum Gasteiger partial charge on any atom is -0.337 e. The predicted octanol–water partition coefficient (Wildman–Crippen LogP) is 0.889. The summed E-state index contributed by atoms with van der Waals surface area (Å²) in [7, 11) is 0. The number of aromatic nitrogens is 3. The second-order valence-electron chi connectivity index (χ2n) is 5.18. The smallest absolute Gasteiger partial charge is 0.276 e. The van der Waals surface area contributed by atoms with E-state index in [0.29, 0.717) is 18.8 Å². The van der Waals surface area contributed by atoms with Crippen LogP contribution in [0.2, 0.25) is 0 Å². The molecule has 1 amide bonds. The molecule has 6 heteroatoms. The van der Waals surface area contributed by atoms with Gasteiger partial charge in [-0.3, -0.25) is 9.48 Å². The zero-order valence-corrected chi connectivity index (χ0v) is 11.6. The van der Waals surface area contributed by atoms with Crippen LogP contribution < -0.4 is 5.73 Å². The molecule has 0 unspecified atom stereocenters. The molecule has 0 aliphatic carbocycles. The number of hydrogen-bond acceptors (Lipinski definition) is 4. The Morgan fingerprint density at radius 3 is 2.84 bits per heavy atom. The highest BCUT2D eigenvalue weighted by Crippen LogP contribution is 2.22. The van der Waals surface area contributed by atoms with E-state index < -0.39 is 0 Å². The molecule has 2 heterocycles. The number of nitrogens with zero attached hydrogens (tertiary/aromatic N) is 4. The van der Waals surface area contributed by atoms with Gasteiger partial charge in [0, 0.05) is 19.6 Å². The summed E-state index contributed by atoms with van der Waals surface area (Å²) in [5, 5.41) is 7.84. The molecule has 1 aromatic heterocycles. The summed E-state index contributed by atoms with van der Waals surface area (Å²) in [5.41, 5.74) is 5.88. The highest BCUT2D eigenvalue weighted by Gasteiger charge is 2.24. The molecule has 1 aliphatic rings. The molecule has 0 aromatic carbocycles. The van der Waals surface area contributed by atoms with Crippen molar-refractivity contribution in [2.45, 2.75) is 39.2 Å². The van der Waals surface area contributed by atoms with Crippen molar-refractivity contribution in [1.82, 2.24) is 19.9 Å². The first kappa shape index (κ1) is 14.0. The lowest BCUT2D eigenvalue weighted by molar-refractivity contribution is 0.0680. The summed E-state index contributed by atoms with van der Waals surface area (Å²) in [6.07, 6.45) is 6.40. The molecule has 6 nitrogen and oxygen atoms in total. The lowest BCUT2D eigenvalue weighted by Crippen LogP contribution is -2.38. The van der Waals surface area contributed by atoms with E-state index in [1.54, 1.807) is 10.9 Å². The van der Waals surface area contributed by atoms with Crippen molar-refractivity contribution in [3.8, 4) is 0 Å². The molecule has 1 saturated heterocycles. The molecule has 0 atom stereocenters. The number of piperidine rings is 1. The van der Waals surface area contributed by atoms with Crippen LogP contribution in [0.25, 0.3) is 0 Å². The molecule has 1 aliphatic heterocycles. The zero-order valence-electron chi connectivity index (χ0n) is 11.6. The van der Waals surface area contributed by atoms with Gasteiger partial charge < -0.3 is 10.6 Å². The van der Waals surface area contributed by atoms with Gasteiger partial charge in [0.2, 0.25) is 0 Å². The minimum atomic E-state index is -0.00165. The Balaban J connectivity index is 1.89. The van der Waals surface area contributed by atoms with Crippen LogP contribution in [0.1, 0.15) is 43.1 Å². The maximum absolute atomic E-state index is 12.3. The topological polar surface area (TPSA) is 77.0 Å². The van der Waals surface area contributed by atoms with Crippen LogP contribution in [0.15, 0.2) is 6.20 Å². The number of carbonyl (C=O) groups is 1. The molecule has 19 heavy (non-hydrogen) atoms. The number of hydrogen-bond donors (Lipinski definition) is 1. The molecule has 1 aromatic rings. The Hall–Kier alpha value is -1.43. The molecule has 2 N–H and O–H groups in total. The van der Waals surface area contributed by atoms with E-state index in [2.05, 4.69) is 17.2 Å². The summed E-state index contributed by atoms with van der Waals surface area (Å²) < 4.78 is 1.62. The fourth-order valence-corrected chi connectivity index (χ4v) is 2.63. The summed E-state index contributed by atoms with van der Waals surface area (Å²) in [6, 6.07) is 0. The maximum atomic E-state index is 12.3. The largest absolute Gasteiger partial charge is 0.337 e. The van der Waals surface area contributed by atoms with Crippen LogP contribution in [0.5, 0.6) is 0 Å². The van der Waals surface area contributed by atoms with Crippen molar-refractivity contribution >= 4 is 5.91 Å². The van der Waals surface area contributed by atoms with Crippen LogP contribution in [-0.4, -0.2) is 45.4 Å². The van der Waals surface area contributed by atoms with Crippen LogP contribution in [0.4, 0.5) is 0 Å². The first-order valence-electron chi connectivity index (χ1n) is 7.14. The third-order valence-corrected chi connectivity index (χ3v) is 3.71. The number of amides is 1. The van der Waals surface area contributed by atoms with E-state index in [1.807, 2.05) is 4.90 Å². The number of nitrogens with two attached hydrogens (primary N) is 1. The first-order valence-corrected chi connectivity index (χ1v) is 7.14. The third-order valence-electron chi connectivity index (χ3n) is 3.71. The van der Waals surface area contributed by atoms with Crippen molar-refractivity contribution in [1.29, 1.82) is 0 Å². The molecule has 0 spiro atoms. The lowest BCUT2D eigenvalue weighted by Gasteiger charge is -2.31. The predicted molar refractivity (Wildman–Crippen MR) is 72.6 cm³/mol. The zero-order chi connectivity index (χ0) is 13.7. The van der Waals surface area contributed by atoms with E-state index in [-0.39, 0.29) is 5.91 Å². The van der Waals surface area contributed by atoms with Crippen molar-refractivity contribution in [2.75, 3.05) is 19.6 Å². The highest BCUT2D eigenvalue weighted by atomic mass is 16.2. The van der Waals surface area contributed by atoms with Crippen LogP contribution in [0.3, 0.4) is 0 Å². The molecule has 0 saturated carbocycles. The van der Waals surface area contributed by atoms with Gasteiger partial charge >= 0.3 is 0 Å². The van der Waals surface area contributed by atoms with Gasteiger partial charge in [0.1, 0.15) is 0 Å². The third kappa shape index (κ3) is 3.53. The summed E-state index contributed by atoms with van der Waals surface area (Å²) in [6.45, 7) is 4.99. The Morgan fingerprint density at radius 1 is 1.47 bits per heavy atom. The molecular formula is C13H23N5O. The fraction of sp³-hybridized carbons (Fsp3) is 0.769. The Labute approximate surface area is 113 Å². The van der Waals surface area contributed by atoms with E-state index in [9.17, 15) is 4.79 Å². The molecule has 0 bridgehead atoms. The van der Waals surface area contributed by atoms with Crippen molar-refractivity contribution in [2.24, 2.45) is 11.7 Å². The van der Waals surface area contributed by atoms with Gasteiger partial charge in [0.05, 0.1) is 12.7 Å². The molecule has 0 radical (unpaired) electrons. The summed E-state index contributed by atoms with van der Waals surface area (Å²) >= 11 is 0. The van der Waals surface area contributed by atoms with Gasteiger partial charge in [0.15, 0.2) is 5.69 Å². The standard InChI is InChI=1S/C13H23N5O/c1-2-3-11-4-7-17(8-5-11)13(19)12-10-18(9-6-14)16-15-12/h10-11H,2-9,14H2,1H3. The van der Waals surface area contributed by atoms with Crippen LogP contribution >= 0.6 is 0 Å². The quantitative estimate of drug-likeness (QED) is 0.857. The minimum absolute atomic E-state index is 0.00165. The second-order valence-corrected chi connectivity index (χ2v) is 5.18. The van der Waals surface area contributed by atoms with Gasteiger partial charge in [-0.1, -0.05) is 25.0 Å². The molecule has 1 fully saturated rings. The summed E-state index contributed by atoms with van der Waals surface area (Å²) in [4.78, 5) is 14.2. The van der Waals surface area contributed by atoms with E-state index >= 15 is 0 Å². The van der Waals surface area contributed by atoms with Gasteiger partial charge in [-0.15, -0.1) is 5.10 Å². The van der Waals surface area contributed by atoms with Gasteiger partial charge in [-0.2, -0.15) is 0 Å². The molecule has 2 rings (SSSR count). The molecular weight excluding hydrogens is 242 g/mol. The van der Waals surface area contributed by atoms with E-state index in [4.69, 9.17) is 5.73 Å². The normalized spacial score (nSPS) is 16.8. The van der Waals surface area contributed by atoms with Crippen LogP contribution in [-0.2, 0) is 6.54 Å². The van der Waals surface area contributed by atoms with E-state index in [0.717, 1.165) is 31.8 Å². The average Bonchev–Trinajstić information content (AvgIpc) is 2.88. The van der Waals surface area contributed by atoms with Gasteiger partial charge in [0.25, 0.3) is 5.91 Å². The maximum Gasteiger partial charge on any atom is 0.276 e. The van der Waals surface area contributed by atoms with E-state index in [1.165, 1.54) is 12.8 Å². The Kier molecular flexibility index (Phi) is 4.90. The first-order chi connectivity index (χ1) is 9.24. The Morgan fingerprint density at radius 2 is 2.21 bits per heavy atom. The monoisotopic (exact) mass is 265 g/mol. The highest BCUT2D eigenvalue weighted by molar-refractivity contribution is 5.91. The number of likely N-dealkylation sites (tertiary alicyclic amines) is 1. The summed E-state index contributed by atoms with van der Waals surface area (Å²) in [5.74, 6) is 0.778. The number of carbonyl (C=O) groups excluding carboxylic acids is 1. The van der Waals surface area contributed by atoms with Crippen molar-refractivity contribution in [3.63, 3.8) is 0 Å². The molecule has 106 valence electrons. The SMILES string of the molecule is CCCC1CCN(C(=O)c2cn(CCN)nn2)CC1. The van der Waals surface area contributed by atoms with Crippen molar-refractivity contribution in [3.05, 3.63) is 11.9 Å². The number of rotatable bonds is 5. The van der Waals surface area contributed by atoms with Gasteiger partial charge in [-0.25, -0.2) is 0 Å². The second kappa shape index (κ2) is 6.65. The van der Waals surface area contributed by atoms with Crippen LogP contribution in [0, 0.1) is 5.92 Å². The van der Waals surface area contributed by atoms with Crippen molar-refractivity contribution < 1.29 is 4.79 Å². The fourth-order valence-electron chi connectivity index (χ4n) is 2.63. The average molecular weight is 265 g/mol. The lowest BCUT2D eigenvalue weighted by atomic mass is 9.92. The van der Waals surface area contributed by atoms with Gasteiger partial charge in [-0.05, 0) is 18.8 Å².